The predicted octanol–water partition coefficient (Wildman–Crippen LogP) is 4.34. The van der Waals surface area contributed by atoms with Crippen molar-refractivity contribution in [2.45, 2.75) is 46.0 Å². The topological polar surface area (TPSA) is 0 Å². The highest BCUT2D eigenvalue weighted by atomic mass is 14.2. The standard InChI is InChI=1S/C13H22/c1-4-5-6-12-7-9-13(10-8-12)11(2)3/h4,7,11,13H,1,5-6,8-10H2,2-3H3/t13-/m1/s1. The Hall–Kier alpha value is -0.520. The van der Waals surface area contributed by atoms with Crippen LogP contribution in [0.2, 0.25) is 0 Å². The lowest BCUT2D eigenvalue weighted by molar-refractivity contribution is 0.348. The maximum atomic E-state index is 3.76. The van der Waals surface area contributed by atoms with Gasteiger partial charge in [0.05, 0.1) is 0 Å². The molecule has 1 aliphatic carbocycles. The van der Waals surface area contributed by atoms with Crippen LogP contribution in [0.1, 0.15) is 46.0 Å². The van der Waals surface area contributed by atoms with Crippen molar-refractivity contribution in [3.63, 3.8) is 0 Å². The summed E-state index contributed by atoms with van der Waals surface area (Å²) in [7, 11) is 0. The van der Waals surface area contributed by atoms with Crippen molar-refractivity contribution in [2.75, 3.05) is 0 Å². The molecule has 0 unspecified atom stereocenters. The molecule has 0 amide bonds. The van der Waals surface area contributed by atoms with Crippen molar-refractivity contribution < 1.29 is 0 Å². The molecule has 74 valence electrons. The Labute approximate surface area is 82.7 Å². The van der Waals surface area contributed by atoms with E-state index in [0.29, 0.717) is 0 Å². The van der Waals surface area contributed by atoms with Crippen LogP contribution >= 0.6 is 0 Å². The minimum atomic E-state index is 0.859. The van der Waals surface area contributed by atoms with Gasteiger partial charge in [-0.1, -0.05) is 31.6 Å². The van der Waals surface area contributed by atoms with E-state index in [4.69, 9.17) is 0 Å². The molecule has 13 heavy (non-hydrogen) atoms. The summed E-state index contributed by atoms with van der Waals surface area (Å²) in [4.78, 5) is 0. The molecule has 1 atom stereocenters. The predicted molar refractivity (Wildman–Crippen MR) is 59.7 cm³/mol. The fraction of sp³-hybridized carbons (Fsp3) is 0.692. The third-order valence-corrected chi connectivity index (χ3v) is 3.16. The third kappa shape index (κ3) is 3.38. The zero-order valence-electron chi connectivity index (χ0n) is 9.05. The molecule has 0 aromatic rings. The van der Waals surface area contributed by atoms with Gasteiger partial charge < -0.3 is 0 Å². The summed E-state index contributed by atoms with van der Waals surface area (Å²) in [5.74, 6) is 1.80. The second kappa shape index (κ2) is 5.26. The minimum absolute atomic E-state index is 0.859. The van der Waals surface area contributed by atoms with Gasteiger partial charge in [0, 0.05) is 0 Å². The van der Waals surface area contributed by atoms with E-state index in [0.717, 1.165) is 18.3 Å². The van der Waals surface area contributed by atoms with Crippen LogP contribution in [-0.2, 0) is 0 Å². The summed E-state index contributed by atoms with van der Waals surface area (Å²) in [5.41, 5.74) is 1.66. The van der Waals surface area contributed by atoms with Gasteiger partial charge in [0.2, 0.25) is 0 Å². The molecule has 1 aliphatic rings. The van der Waals surface area contributed by atoms with Crippen molar-refractivity contribution in [1.29, 1.82) is 0 Å². The molecule has 0 fully saturated rings. The molecule has 0 radical (unpaired) electrons. The van der Waals surface area contributed by atoms with E-state index in [1.807, 2.05) is 6.08 Å². The largest absolute Gasteiger partial charge is 0.103 e. The lowest BCUT2D eigenvalue weighted by atomic mass is 9.81. The second-order valence-corrected chi connectivity index (χ2v) is 4.47. The van der Waals surface area contributed by atoms with Gasteiger partial charge >= 0.3 is 0 Å². The van der Waals surface area contributed by atoms with Crippen molar-refractivity contribution in [2.24, 2.45) is 11.8 Å². The molecule has 0 aromatic heterocycles. The van der Waals surface area contributed by atoms with E-state index in [-0.39, 0.29) is 0 Å². The van der Waals surface area contributed by atoms with E-state index < -0.39 is 0 Å². The SMILES string of the molecule is C=CCCC1=CC[C@@H](C(C)C)CC1. The highest BCUT2D eigenvalue weighted by Crippen LogP contribution is 2.30. The average Bonchev–Trinajstić information content (AvgIpc) is 2.15. The van der Waals surface area contributed by atoms with Crippen molar-refractivity contribution in [1.82, 2.24) is 0 Å². The Bertz CT molecular complexity index is 186. The minimum Gasteiger partial charge on any atom is -0.103 e. The first-order valence-corrected chi connectivity index (χ1v) is 5.53. The van der Waals surface area contributed by atoms with Crippen molar-refractivity contribution >= 4 is 0 Å². The highest BCUT2D eigenvalue weighted by molar-refractivity contribution is 5.07. The van der Waals surface area contributed by atoms with E-state index >= 15 is 0 Å². The molecule has 0 spiro atoms. The zero-order valence-corrected chi connectivity index (χ0v) is 9.05. The van der Waals surface area contributed by atoms with Gasteiger partial charge in [-0.3, -0.25) is 0 Å². The number of hydrogen-bond acceptors (Lipinski definition) is 0. The van der Waals surface area contributed by atoms with Gasteiger partial charge in [-0.2, -0.15) is 0 Å². The smallest absolute Gasteiger partial charge is 0.0286 e. The van der Waals surface area contributed by atoms with Crippen LogP contribution in [0.3, 0.4) is 0 Å². The molecule has 0 aromatic carbocycles. The molecule has 0 bridgehead atoms. The monoisotopic (exact) mass is 178 g/mol. The van der Waals surface area contributed by atoms with Crippen LogP contribution in [0.15, 0.2) is 24.3 Å². The molecule has 0 N–H and O–H groups in total. The molecule has 0 heteroatoms. The first kappa shape index (κ1) is 10.6. The maximum Gasteiger partial charge on any atom is -0.0286 e. The van der Waals surface area contributed by atoms with Gasteiger partial charge in [0.25, 0.3) is 0 Å². The van der Waals surface area contributed by atoms with Gasteiger partial charge in [-0.15, -0.1) is 6.58 Å². The molecular weight excluding hydrogens is 156 g/mol. The summed E-state index contributed by atoms with van der Waals surface area (Å²) < 4.78 is 0. The molecule has 1 rings (SSSR count). The maximum absolute atomic E-state index is 3.76. The first-order chi connectivity index (χ1) is 6.24. The Morgan fingerprint density at radius 1 is 1.62 bits per heavy atom. The van der Waals surface area contributed by atoms with Crippen LogP contribution in [-0.4, -0.2) is 0 Å². The summed E-state index contributed by atoms with van der Waals surface area (Å²) in [6.45, 7) is 8.44. The fourth-order valence-corrected chi connectivity index (χ4v) is 2.03. The van der Waals surface area contributed by atoms with Gasteiger partial charge in [-0.05, 0) is 43.9 Å². The molecule has 0 saturated carbocycles. The van der Waals surface area contributed by atoms with Crippen LogP contribution in [0.4, 0.5) is 0 Å². The molecule has 0 heterocycles. The fourth-order valence-electron chi connectivity index (χ4n) is 2.03. The Balaban J connectivity index is 2.34. The van der Waals surface area contributed by atoms with Crippen LogP contribution in [0.25, 0.3) is 0 Å². The van der Waals surface area contributed by atoms with E-state index in [9.17, 15) is 0 Å². The lowest BCUT2D eigenvalue weighted by Gasteiger charge is -2.24. The number of allylic oxidation sites excluding steroid dienone is 3. The molecule has 0 saturated heterocycles. The molecular formula is C13H22. The van der Waals surface area contributed by atoms with E-state index in [1.54, 1.807) is 5.57 Å². The van der Waals surface area contributed by atoms with Crippen molar-refractivity contribution in [3.05, 3.63) is 24.3 Å². The van der Waals surface area contributed by atoms with Gasteiger partial charge in [0.15, 0.2) is 0 Å². The lowest BCUT2D eigenvalue weighted by Crippen LogP contribution is -2.11. The Morgan fingerprint density at radius 2 is 2.38 bits per heavy atom. The van der Waals surface area contributed by atoms with Crippen LogP contribution in [0, 0.1) is 11.8 Å². The summed E-state index contributed by atoms with van der Waals surface area (Å²) >= 11 is 0. The number of hydrogen-bond donors (Lipinski definition) is 0. The van der Waals surface area contributed by atoms with Gasteiger partial charge in [-0.25, -0.2) is 0 Å². The summed E-state index contributed by atoms with van der Waals surface area (Å²) in [5, 5.41) is 0. The highest BCUT2D eigenvalue weighted by Gasteiger charge is 2.16. The second-order valence-electron chi connectivity index (χ2n) is 4.47. The zero-order chi connectivity index (χ0) is 9.68. The molecule has 0 nitrogen and oxygen atoms in total. The summed E-state index contributed by atoms with van der Waals surface area (Å²) in [6.07, 6.45) is 10.9. The summed E-state index contributed by atoms with van der Waals surface area (Å²) in [6, 6.07) is 0. The van der Waals surface area contributed by atoms with E-state index in [2.05, 4.69) is 26.5 Å². The quantitative estimate of drug-likeness (QED) is 0.562. The van der Waals surface area contributed by atoms with Crippen LogP contribution in [0.5, 0.6) is 0 Å². The molecule has 0 aliphatic heterocycles. The average molecular weight is 178 g/mol. The first-order valence-electron chi connectivity index (χ1n) is 5.53. The Kier molecular flexibility index (Phi) is 4.27. The van der Waals surface area contributed by atoms with Gasteiger partial charge in [0.1, 0.15) is 0 Å². The third-order valence-electron chi connectivity index (χ3n) is 3.16. The Morgan fingerprint density at radius 3 is 2.85 bits per heavy atom. The van der Waals surface area contributed by atoms with Crippen molar-refractivity contribution in [3.8, 4) is 0 Å². The normalized spacial score (nSPS) is 23.0. The van der Waals surface area contributed by atoms with E-state index in [1.165, 1.54) is 25.7 Å². The van der Waals surface area contributed by atoms with Crippen LogP contribution < -0.4 is 0 Å². The number of rotatable bonds is 4.